The molecule has 1 aromatic carbocycles. The maximum Gasteiger partial charge on any atom is 0.435 e. The van der Waals surface area contributed by atoms with Crippen molar-refractivity contribution in [3.63, 3.8) is 0 Å². The zero-order valence-corrected chi connectivity index (χ0v) is 11.9. The molecule has 2 rings (SSSR count). The van der Waals surface area contributed by atoms with Crippen molar-refractivity contribution >= 4 is 40.5 Å². The van der Waals surface area contributed by atoms with Gasteiger partial charge in [0, 0.05) is 17.3 Å². The van der Waals surface area contributed by atoms with Crippen LogP contribution in [0, 0.1) is 0 Å². The summed E-state index contributed by atoms with van der Waals surface area (Å²) in [6, 6.07) is 4.21. The second kappa shape index (κ2) is 5.31. The summed E-state index contributed by atoms with van der Waals surface area (Å²) in [7, 11) is 0. The molecule has 2 aromatic rings. The minimum absolute atomic E-state index is 0.0326. The van der Waals surface area contributed by atoms with E-state index in [-0.39, 0.29) is 26.2 Å². The summed E-state index contributed by atoms with van der Waals surface area (Å²) in [4.78, 5) is 3.25. The molecule has 0 spiro atoms. The highest BCUT2D eigenvalue weighted by molar-refractivity contribution is 6.49. The van der Waals surface area contributed by atoms with E-state index in [0.717, 1.165) is 6.20 Å². The molecule has 2 nitrogen and oxygen atoms in total. The van der Waals surface area contributed by atoms with Gasteiger partial charge in [0.1, 0.15) is 0 Å². The molecule has 0 radical (unpaired) electrons. The van der Waals surface area contributed by atoms with E-state index in [0.29, 0.717) is 0 Å². The van der Waals surface area contributed by atoms with Gasteiger partial charge in [-0.15, -0.1) is 0 Å². The summed E-state index contributed by atoms with van der Waals surface area (Å²) >= 11 is 17.6. The van der Waals surface area contributed by atoms with Crippen LogP contribution in [0.3, 0.4) is 0 Å². The number of alkyl halides is 3. The summed E-state index contributed by atoms with van der Waals surface area (Å²) < 4.78 is 38.3. The first-order valence-electron chi connectivity index (χ1n) is 5.19. The fourth-order valence-corrected chi connectivity index (χ4v) is 2.31. The van der Waals surface area contributed by atoms with Gasteiger partial charge in [-0.25, -0.2) is 4.98 Å². The topological polar surface area (TPSA) is 38.9 Å². The molecule has 0 atom stereocenters. The minimum atomic E-state index is -4.65. The highest BCUT2D eigenvalue weighted by Crippen LogP contribution is 2.42. The molecule has 0 unspecified atom stereocenters. The van der Waals surface area contributed by atoms with Crippen LogP contribution in [0.1, 0.15) is 5.69 Å². The first kappa shape index (κ1) is 15.2. The van der Waals surface area contributed by atoms with Crippen LogP contribution in [-0.2, 0) is 6.18 Å². The summed E-state index contributed by atoms with van der Waals surface area (Å²) in [6.07, 6.45) is -3.64. The van der Waals surface area contributed by atoms with E-state index in [1.165, 1.54) is 18.2 Å². The molecule has 106 valence electrons. The molecule has 2 N–H and O–H groups in total. The fraction of sp³-hybridized carbons (Fsp3) is 0.0833. The van der Waals surface area contributed by atoms with E-state index < -0.39 is 17.6 Å². The van der Waals surface area contributed by atoms with Crippen molar-refractivity contribution in [1.82, 2.24) is 4.98 Å². The second-order valence-corrected chi connectivity index (χ2v) is 5.00. The van der Waals surface area contributed by atoms with Gasteiger partial charge in [0.25, 0.3) is 0 Å². The SMILES string of the molecule is Nc1c(-c2ccc(Cl)c(Cl)c2Cl)ccnc1C(F)(F)F. The number of anilines is 1. The van der Waals surface area contributed by atoms with E-state index in [1.807, 2.05) is 0 Å². The molecule has 0 aliphatic rings. The van der Waals surface area contributed by atoms with Gasteiger partial charge >= 0.3 is 6.18 Å². The number of benzene rings is 1. The Kier molecular flexibility index (Phi) is 4.04. The van der Waals surface area contributed by atoms with Crippen molar-refractivity contribution in [3.05, 3.63) is 45.2 Å². The van der Waals surface area contributed by atoms with Crippen molar-refractivity contribution in [2.24, 2.45) is 0 Å². The van der Waals surface area contributed by atoms with Gasteiger partial charge in [-0.2, -0.15) is 13.2 Å². The number of rotatable bonds is 1. The molecular weight excluding hydrogens is 335 g/mol. The average Bonchev–Trinajstić information content (AvgIpc) is 2.36. The summed E-state index contributed by atoms with van der Waals surface area (Å²) in [5.74, 6) is 0. The minimum Gasteiger partial charge on any atom is -0.396 e. The van der Waals surface area contributed by atoms with E-state index in [2.05, 4.69) is 4.98 Å². The lowest BCUT2D eigenvalue weighted by Crippen LogP contribution is -2.12. The lowest BCUT2D eigenvalue weighted by Gasteiger charge is -2.14. The van der Waals surface area contributed by atoms with Crippen molar-refractivity contribution in [1.29, 1.82) is 0 Å². The van der Waals surface area contributed by atoms with Crippen molar-refractivity contribution in [2.75, 3.05) is 5.73 Å². The third-order valence-corrected chi connectivity index (χ3v) is 3.88. The third kappa shape index (κ3) is 2.66. The van der Waals surface area contributed by atoms with Crippen LogP contribution in [0.25, 0.3) is 11.1 Å². The second-order valence-electron chi connectivity index (χ2n) is 3.84. The summed E-state index contributed by atoms with van der Waals surface area (Å²) in [5.41, 5.74) is 4.21. The molecular formula is C12H6Cl3F3N2. The Bertz CT molecular complexity index is 672. The van der Waals surface area contributed by atoms with Crippen molar-refractivity contribution in [2.45, 2.75) is 6.18 Å². The number of pyridine rings is 1. The number of nitrogen functional groups attached to an aromatic ring is 1. The Labute approximate surface area is 127 Å². The van der Waals surface area contributed by atoms with Crippen LogP contribution in [0.4, 0.5) is 18.9 Å². The van der Waals surface area contributed by atoms with E-state index in [4.69, 9.17) is 40.5 Å². The van der Waals surface area contributed by atoms with E-state index >= 15 is 0 Å². The van der Waals surface area contributed by atoms with Gasteiger partial charge in [-0.3, -0.25) is 0 Å². The monoisotopic (exact) mass is 340 g/mol. The normalized spacial score (nSPS) is 11.7. The molecule has 0 saturated carbocycles. The molecule has 0 aliphatic heterocycles. The molecule has 0 bridgehead atoms. The number of nitrogens with two attached hydrogens (primary N) is 1. The maximum absolute atomic E-state index is 12.8. The van der Waals surface area contributed by atoms with Gasteiger partial charge in [0.05, 0.1) is 20.8 Å². The molecule has 0 aliphatic carbocycles. The summed E-state index contributed by atoms with van der Waals surface area (Å²) in [5, 5.41) is 0.282. The predicted octanol–water partition coefficient (Wildman–Crippen LogP) is 5.31. The van der Waals surface area contributed by atoms with Crippen LogP contribution in [0.5, 0.6) is 0 Å². The van der Waals surface area contributed by atoms with Crippen molar-refractivity contribution in [3.8, 4) is 11.1 Å². The first-order valence-corrected chi connectivity index (χ1v) is 6.32. The Hall–Kier alpha value is -1.17. The van der Waals surface area contributed by atoms with Gasteiger partial charge < -0.3 is 5.73 Å². The Morgan fingerprint density at radius 2 is 1.60 bits per heavy atom. The smallest absolute Gasteiger partial charge is 0.396 e. The molecule has 20 heavy (non-hydrogen) atoms. The van der Waals surface area contributed by atoms with Crippen LogP contribution < -0.4 is 5.73 Å². The average molecular weight is 342 g/mol. The molecule has 0 saturated heterocycles. The molecule has 1 heterocycles. The van der Waals surface area contributed by atoms with E-state index in [1.54, 1.807) is 0 Å². The summed E-state index contributed by atoms with van der Waals surface area (Å²) in [6.45, 7) is 0. The number of aromatic nitrogens is 1. The first-order chi connectivity index (χ1) is 9.23. The van der Waals surface area contributed by atoms with Crippen LogP contribution in [-0.4, -0.2) is 4.98 Å². The molecule has 0 fully saturated rings. The van der Waals surface area contributed by atoms with E-state index in [9.17, 15) is 13.2 Å². The van der Waals surface area contributed by atoms with Crippen LogP contribution >= 0.6 is 34.8 Å². The molecule has 1 aromatic heterocycles. The number of hydrogen-bond donors (Lipinski definition) is 1. The predicted molar refractivity (Wildman–Crippen MR) is 74.1 cm³/mol. The highest BCUT2D eigenvalue weighted by atomic mass is 35.5. The van der Waals surface area contributed by atoms with Gasteiger partial charge in [-0.1, -0.05) is 40.9 Å². The Morgan fingerprint density at radius 3 is 2.20 bits per heavy atom. The van der Waals surface area contributed by atoms with Crippen molar-refractivity contribution < 1.29 is 13.2 Å². The number of halogens is 6. The lowest BCUT2D eigenvalue weighted by molar-refractivity contribution is -0.140. The van der Waals surface area contributed by atoms with Crippen LogP contribution in [0.2, 0.25) is 15.1 Å². The zero-order chi connectivity index (χ0) is 15.1. The highest BCUT2D eigenvalue weighted by Gasteiger charge is 2.36. The Morgan fingerprint density at radius 1 is 0.950 bits per heavy atom. The molecule has 0 amide bonds. The standard InChI is InChI=1S/C12H6Cl3F3N2/c13-7-2-1-5(8(14)9(7)15)6-3-4-20-11(10(6)19)12(16,17)18/h1-4H,19H2. The van der Waals surface area contributed by atoms with Crippen LogP contribution in [0.15, 0.2) is 24.4 Å². The van der Waals surface area contributed by atoms with Gasteiger partial charge in [0.15, 0.2) is 5.69 Å². The fourth-order valence-electron chi connectivity index (χ4n) is 1.67. The number of hydrogen-bond acceptors (Lipinski definition) is 2. The molecule has 8 heteroatoms. The zero-order valence-electron chi connectivity index (χ0n) is 9.60. The lowest BCUT2D eigenvalue weighted by atomic mass is 10.0. The number of nitrogens with zero attached hydrogens (tertiary/aromatic N) is 1. The maximum atomic E-state index is 12.8. The van der Waals surface area contributed by atoms with Gasteiger partial charge in [0.2, 0.25) is 0 Å². The third-order valence-electron chi connectivity index (χ3n) is 2.58. The quantitative estimate of drug-likeness (QED) is 0.714. The van der Waals surface area contributed by atoms with Gasteiger partial charge in [-0.05, 0) is 12.1 Å². The Balaban J connectivity index is 2.69. The largest absolute Gasteiger partial charge is 0.435 e.